The lowest BCUT2D eigenvalue weighted by molar-refractivity contribution is -0.113. The van der Waals surface area contributed by atoms with Crippen LogP contribution in [-0.4, -0.2) is 44.8 Å². The fraction of sp³-hybridized carbons (Fsp3) is 0.471. The highest BCUT2D eigenvalue weighted by molar-refractivity contribution is 7.99. The van der Waals surface area contributed by atoms with Crippen LogP contribution in [0.2, 0.25) is 0 Å². The summed E-state index contributed by atoms with van der Waals surface area (Å²) in [6, 6.07) is 0.144. The van der Waals surface area contributed by atoms with E-state index in [0.29, 0.717) is 15.6 Å². The molecule has 11 heteroatoms. The number of thiophene rings is 1. The van der Waals surface area contributed by atoms with Crippen molar-refractivity contribution in [3.8, 4) is 0 Å². The molecule has 0 saturated heterocycles. The fourth-order valence-corrected chi connectivity index (χ4v) is 4.65. The molecule has 1 aliphatic carbocycles. The van der Waals surface area contributed by atoms with Crippen molar-refractivity contribution < 1.29 is 19.1 Å². The highest BCUT2D eigenvalue weighted by atomic mass is 32.2. The molecule has 1 saturated carbocycles. The number of Topliss-reactive ketones (excluding diaryl/α,β-unsaturated/α-hetero) is 1. The molecule has 9 nitrogen and oxygen atoms in total. The normalized spacial score (nSPS) is 13.4. The molecule has 2 N–H and O–H groups in total. The molecule has 28 heavy (non-hydrogen) atoms. The number of carbonyl (C=O) groups is 3. The molecule has 0 spiro atoms. The molecule has 2 heterocycles. The van der Waals surface area contributed by atoms with Gasteiger partial charge in [-0.1, -0.05) is 11.8 Å². The number of ketones is 1. The van der Waals surface area contributed by atoms with Crippen LogP contribution in [0.25, 0.3) is 0 Å². The molecule has 0 aromatic carbocycles. The van der Waals surface area contributed by atoms with Gasteiger partial charge in [-0.3, -0.25) is 14.2 Å². The number of rotatable bonds is 8. The van der Waals surface area contributed by atoms with Crippen molar-refractivity contribution in [1.82, 2.24) is 14.8 Å². The van der Waals surface area contributed by atoms with Crippen LogP contribution < -0.4 is 11.0 Å². The maximum Gasteiger partial charge on any atom is 0.344 e. The monoisotopic (exact) mass is 424 g/mol. The predicted molar refractivity (Wildman–Crippen MR) is 105 cm³/mol. The number of esters is 1. The van der Waals surface area contributed by atoms with Crippen molar-refractivity contribution in [2.45, 2.75) is 44.8 Å². The third kappa shape index (κ3) is 4.20. The van der Waals surface area contributed by atoms with Gasteiger partial charge in [0.2, 0.25) is 5.91 Å². The minimum Gasteiger partial charge on any atom is -0.462 e. The van der Waals surface area contributed by atoms with Crippen molar-refractivity contribution >= 4 is 45.8 Å². The minimum absolute atomic E-state index is 0.00559. The zero-order chi connectivity index (χ0) is 20.4. The van der Waals surface area contributed by atoms with E-state index in [1.807, 2.05) is 0 Å². The molecule has 2 aromatic rings. The highest BCUT2D eigenvalue weighted by Crippen LogP contribution is 2.36. The van der Waals surface area contributed by atoms with E-state index in [0.717, 1.165) is 35.9 Å². The number of anilines is 1. The second kappa shape index (κ2) is 8.31. The van der Waals surface area contributed by atoms with Crippen molar-refractivity contribution in [2.75, 3.05) is 17.7 Å². The van der Waals surface area contributed by atoms with Crippen LogP contribution in [0.4, 0.5) is 5.00 Å². The summed E-state index contributed by atoms with van der Waals surface area (Å²) in [5.74, 6) is -1.13. The van der Waals surface area contributed by atoms with Crippen molar-refractivity contribution in [2.24, 2.45) is 0 Å². The summed E-state index contributed by atoms with van der Waals surface area (Å²) in [5, 5.41) is 9.79. The Hall–Kier alpha value is -2.40. The largest absolute Gasteiger partial charge is 0.462 e. The summed E-state index contributed by atoms with van der Waals surface area (Å²) in [6.45, 7) is 4.93. The molecule has 3 rings (SSSR count). The lowest BCUT2D eigenvalue weighted by atomic mass is 10.1. The van der Waals surface area contributed by atoms with Gasteiger partial charge >= 0.3 is 11.7 Å². The van der Waals surface area contributed by atoms with Crippen LogP contribution in [0.1, 0.15) is 58.3 Å². The number of ether oxygens (including phenoxy) is 1. The Bertz CT molecular complexity index is 986. The Labute approximate surface area is 168 Å². The molecule has 0 bridgehead atoms. The number of thioether (sulfide) groups is 1. The second-order valence-corrected chi connectivity index (χ2v) is 8.25. The average Bonchev–Trinajstić information content (AvgIpc) is 3.31. The quantitative estimate of drug-likeness (QED) is 0.379. The molecule has 1 amide bonds. The fourth-order valence-electron chi connectivity index (χ4n) is 2.73. The van der Waals surface area contributed by atoms with Gasteiger partial charge in [0.1, 0.15) is 5.00 Å². The van der Waals surface area contributed by atoms with Crippen LogP contribution in [0.5, 0.6) is 0 Å². The molecule has 2 aromatic heterocycles. The van der Waals surface area contributed by atoms with Gasteiger partial charge in [0.05, 0.1) is 22.8 Å². The number of amides is 1. The van der Waals surface area contributed by atoms with E-state index < -0.39 is 5.97 Å². The molecule has 0 radical (unpaired) electrons. The van der Waals surface area contributed by atoms with Gasteiger partial charge in [-0.25, -0.2) is 14.7 Å². The number of aromatic nitrogens is 3. The Morgan fingerprint density at radius 3 is 2.71 bits per heavy atom. The van der Waals surface area contributed by atoms with Gasteiger partial charge in [-0.2, -0.15) is 0 Å². The van der Waals surface area contributed by atoms with Gasteiger partial charge in [0, 0.05) is 6.04 Å². The molecular formula is C17H20N4O5S2. The van der Waals surface area contributed by atoms with Crippen molar-refractivity contribution in [3.05, 3.63) is 26.5 Å². The lowest BCUT2D eigenvalue weighted by Gasteiger charge is -2.07. The second-order valence-electron chi connectivity index (χ2n) is 6.29. The molecule has 150 valence electrons. The zero-order valence-electron chi connectivity index (χ0n) is 15.7. The Balaban J connectivity index is 1.74. The topological polar surface area (TPSA) is 123 Å². The van der Waals surface area contributed by atoms with E-state index in [4.69, 9.17) is 4.74 Å². The number of hydrogen-bond acceptors (Lipinski definition) is 8. The minimum atomic E-state index is -0.582. The average molecular weight is 425 g/mol. The number of aromatic amines is 1. The summed E-state index contributed by atoms with van der Waals surface area (Å²) in [7, 11) is 0. The summed E-state index contributed by atoms with van der Waals surface area (Å²) in [4.78, 5) is 48.7. The van der Waals surface area contributed by atoms with Crippen LogP contribution in [-0.2, 0) is 9.53 Å². The number of nitrogens with one attached hydrogen (secondary N) is 2. The third-order valence-corrected chi connectivity index (χ3v) is 6.38. The van der Waals surface area contributed by atoms with E-state index in [1.165, 1.54) is 6.92 Å². The standard InChI is InChI=1S/C17H20N4O5S2/c1-4-26-15(24)12-8(2)13(9(3)22)28-14(12)18-11(23)7-27-17-20-19-16(25)21(17)10-5-6-10/h10H,4-7H2,1-3H3,(H,18,23)(H,19,25). The summed E-state index contributed by atoms with van der Waals surface area (Å²) < 4.78 is 6.61. The molecule has 0 unspecified atom stereocenters. The Morgan fingerprint density at radius 2 is 2.11 bits per heavy atom. The first kappa shape index (κ1) is 20.3. The van der Waals surface area contributed by atoms with Gasteiger partial charge in [-0.15, -0.1) is 16.4 Å². The van der Waals surface area contributed by atoms with E-state index in [2.05, 4.69) is 15.5 Å². The van der Waals surface area contributed by atoms with Crippen LogP contribution >= 0.6 is 23.1 Å². The Morgan fingerprint density at radius 1 is 1.39 bits per heavy atom. The molecule has 1 aliphatic rings. The first-order valence-electron chi connectivity index (χ1n) is 8.74. The van der Waals surface area contributed by atoms with Crippen LogP contribution in [0.3, 0.4) is 0 Å². The first-order chi connectivity index (χ1) is 13.3. The summed E-state index contributed by atoms with van der Waals surface area (Å²) >= 11 is 2.19. The molecule has 0 atom stereocenters. The van der Waals surface area contributed by atoms with E-state index in [1.54, 1.807) is 18.4 Å². The zero-order valence-corrected chi connectivity index (χ0v) is 17.3. The van der Waals surface area contributed by atoms with Crippen molar-refractivity contribution in [1.29, 1.82) is 0 Å². The van der Waals surface area contributed by atoms with Gasteiger partial charge in [0.25, 0.3) is 0 Å². The summed E-state index contributed by atoms with van der Waals surface area (Å²) in [6.07, 6.45) is 1.84. The number of carbonyl (C=O) groups excluding carboxylic acids is 3. The van der Waals surface area contributed by atoms with E-state index in [9.17, 15) is 19.2 Å². The Kier molecular flexibility index (Phi) is 6.04. The van der Waals surface area contributed by atoms with E-state index in [-0.39, 0.29) is 46.3 Å². The van der Waals surface area contributed by atoms with Gasteiger partial charge in [0.15, 0.2) is 10.9 Å². The predicted octanol–water partition coefficient (Wildman–Crippen LogP) is 2.39. The van der Waals surface area contributed by atoms with Crippen LogP contribution in [0, 0.1) is 6.92 Å². The maximum absolute atomic E-state index is 12.4. The molecular weight excluding hydrogens is 404 g/mol. The van der Waals surface area contributed by atoms with E-state index >= 15 is 0 Å². The molecule has 0 aliphatic heterocycles. The number of nitrogens with zero attached hydrogens (tertiary/aromatic N) is 2. The number of hydrogen-bond donors (Lipinski definition) is 2. The highest BCUT2D eigenvalue weighted by Gasteiger charge is 2.29. The lowest BCUT2D eigenvalue weighted by Crippen LogP contribution is -2.18. The van der Waals surface area contributed by atoms with Crippen LogP contribution in [0.15, 0.2) is 9.95 Å². The number of H-pyrrole nitrogens is 1. The van der Waals surface area contributed by atoms with Gasteiger partial charge < -0.3 is 10.1 Å². The third-order valence-electron chi connectivity index (χ3n) is 4.12. The SMILES string of the molecule is CCOC(=O)c1c(NC(=O)CSc2n[nH]c(=O)n2C2CC2)sc(C(C)=O)c1C. The summed E-state index contributed by atoms with van der Waals surface area (Å²) in [5.41, 5.74) is 0.411. The molecule has 1 fully saturated rings. The van der Waals surface area contributed by atoms with Gasteiger partial charge in [-0.05, 0) is 39.2 Å². The van der Waals surface area contributed by atoms with Crippen molar-refractivity contribution in [3.63, 3.8) is 0 Å². The first-order valence-corrected chi connectivity index (χ1v) is 10.5. The smallest absolute Gasteiger partial charge is 0.344 e. The maximum atomic E-state index is 12.4.